The number of nitrogens with zero attached hydrogens (tertiary/aromatic N) is 1. The maximum atomic E-state index is 10.4. The largest absolute Gasteiger partial charge is 0.480 e. The van der Waals surface area contributed by atoms with Crippen LogP contribution in [0.3, 0.4) is 0 Å². The Balaban J connectivity index is 2.74. The standard InChI is InChI=1S/C8H11N3O2/c9-5-2-1-3-11-7(5)4-6(10)8(12)13/h1-3,6H,4,9-10H2,(H,12,13). The first kappa shape index (κ1) is 9.47. The van der Waals surface area contributed by atoms with Gasteiger partial charge in [0.1, 0.15) is 6.04 Å². The number of hydrogen-bond donors (Lipinski definition) is 3. The highest BCUT2D eigenvalue weighted by molar-refractivity contribution is 5.73. The number of carboxylic acids is 1. The van der Waals surface area contributed by atoms with Gasteiger partial charge in [-0.3, -0.25) is 9.78 Å². The van der Waals surface area contributed by atoms with Gasteiger partial charge in [0.2, 0.25) is 0 Å². The topological polar surface area (TPSA) is 102 Å². The minimum atomic E-state index is -1.05. The van der Waals surface area contributed by atoms with Crippen LogP contribution >= 0.6 is 0 Å². The molecular weight excluding hydrogens is 170 g/mol. The first-order chi connectivity index (χ1) is 6.11. The highest BCUT2D eigenvalue weighted by Crippen LogP contribution is 2.08. The van der Waals surface area contributed by atoms with E-state index in [1.54, 1.807) is 18.3 Å². The van der Waals surface area contributed by atoms with E-state index in [-0.39, 0.29) is 6.42 Å². The predicted octanol–water partition coefficient (Wildman–Crippen LogP) is -0.382. The maximum Gasteiger partial charge on any atom is 0.320 e. The first-order valence-corrected chi connectivity index (χ1v) is 3.79. The SMILES string of the molecule is Nc1cccnc1CC(N)C(=O)O. The summed E-state index contributed by atoms with van der Waals surface area (Å²) in [5.74, 6) is -1.05. The second-order valence-electron chi connectivity index (χ2n) is 2.69. The van der Waals surface area contributed by atoms with Gasteiger partial charge in [0, 0.05) is 12.6 Å². The van der Waals surface area contributed by atoms with Gasteiger partial charge >= 0.3 is 5.97 Å². The normalized spacial score (nSPS) is 12.4. The molecule has 1 unspecified atom stereocenters. The molecule has 1 aromatic heterocycles. The zero-order valence-corrected chi connectivity index (χ0v) is 6.97. The first-order valence-electron chi connectivity index (χ1n) is 3.79. The molecule has 0 aromatic carbocycles. The fourth-order valence-electron chi connectivity index (χ4n) is 0.917. The summed E-state index contributed by atoms with van der Waals surface area (Å²) in [4.78, 5) is 14.4. The Kier molecular flexibility index (Phi) is 2.81. The number of carbonyl (C=O) groups is 1. The molecule has 0 fully saturated rings. The van der Waals surface area contributed by atoms with Crippen LogP contribution in [0.4, 0.5) is 5.69 Å². The van der Waals surface area contributed by atoms with Crippen molar-refractivity contribution in [2.45, 2.75) is 12.5 Å². The molecule has 1 aromatic rings. The third-order valence-corrected chi connectivity index (χ3v) is 1.66. The lowest BCUT2D eigenvalue weighted by Crippen LogP contribution is -2.32. The van der Waals surface area contributed by atoms with Gasteiger partial charge < -0.3 is 16.6 Å². The molecule has 5 heteroatoms. The second-order valence-corrected chi connectivity index (χ2v) is 2.69. The number of carboxylic acid groups (broad SMARTS) is 1. The van der Waals surface area contributed by atoms with Gasteiger partial charge in [-0.05, 0) is 12.1 Å². The van der Waals surface area contributed by atoms with Crippen LogP contribution in [-0.2, 0) is 11.2 Å². The fraction of sp³-hybridized carbons (Fsp3) is 0.250. The number of nitrogen functional groups attached to an aromatic ring is 1. The number of aliphatic carboxylic acids is 1. The summed E-state index contributed by atoms with van der Waals surface area (Å²) in [5.41, 5.74) is 11.9. The molecule has 0 radical (unpaired) electrons. The Labute approximate surface area is 75.4 Å². The van der Waals surface area contributed by atoms with E-state index in [4.69, 9.17) is 16.6 Å². The Morgan fingerprint density at radius 1 is 1.69 bits per heavy atom. The minimum absolute atomic E-state index is 0.155. The molecule has 0 aliphatic heterocycles. The monoisotopic (exact) mass is 181 g/mol. The Morgan fingerprint density at radius 2 is 2.38 bits per heavy atom. The number of rotatable bonds is 3. The van der Waals surface area contributed by atoms with Crippen LogP contribution in [0.2, 0.25) is 0 Å². The van der Waals surface area contributed by atoms with Crippen molar-refractivity contribution in [3.05, 3.63) is 24.0 Å². The van der Waals surface area contributed by atoms with E-state index in [9.17, 15) is 4.79 Å². The smallest absolute Gasteiger partial charge is 0.320 e. The molecule has 70 valence electrons. The van der Waals surface area contributed by atoms with Crippen LogP contribution in [-0.4, -0.2) is 22.1 Å². The molecule has 0 aliphatic carbocycles. The third-order valence-electron chi connectivity index (χ3n) is 1.66. The molecule has 0 spiro atoms. The third kappa shape index (κ3) is 2.41. The molecule has 0 amide bonds. The van der Waals surface area contributed by atoms with E-state index < -0.39 is 12.0 Å². The Hall–Kier alpha value is -1.62. The van der Waals surface area contributed by atoms with Crippen molar-refractivity contribution < 1.29 is 9.90 Å². The van der Waals surface area contributed by atoms with Crippen LogP contribution in [0, 0.1) is 0 Å². The molecule has 5 N–H and O–H groups in total. The number of anilines is 1. The molecule has 0 saturated heterocycles. The van der Waals surface area contributed by atoms with Crippen LogP contribution in [0.5, 0.6) is 0 Å². The van der Waals surface area contributed by atoms with Gasteiger partial charge in [-0.2, -0.15) is 0 Å². The molecule has 1 rings (SSSR count). The molecule has 13 heavy (non-hydrogen) atoms. The second kappa shape index (κ2) is 3.86. The highest BCUT2D eigenvalue weighted by Gasteiger charge is 2.13. The summed E-state index contributed by atoms with van der Waals surface area (Å²) in [7, 11) is 0. The summed E-state index contributed by atoms with van der Waals surface area (Å²) in [6.45, 7) is 0. The predicted molar refractivity (Wildman–Crippen MR) is 48.0 cm³/mol. The summed E-state index contributed by atoms with van der Waals surface area (Å²) in [6, 6.07) is 2.40. The van der Waals surface area contributed by atoms with Gasteiger partial charge in [-0.1, -0.05) is 0 Å². The van der Waals surface area contributed by atoms with Gasteiger partial charge in [0.25, 0.3) is 0 Å². The van der Waals surface area contributed by atoms with Gasteiger partial charge in [-0.15, -0.1) is 0 Å². The van der Waals surface area contributed by atoms with Crippen LogP contribution in [0.25, 0.3) is 0 Å². The Morgan fingerprint density at radius 3 is 2.92 bits per heavy atom. The number of nitrogens with two attached hydrogens (primary N) is 2. The molecule has 1 heterocycles. The molecule has 5 nitrogen and oxygen atoms in total. The van der Waals surface area contributed by atoms with E-state index in [1.807, 2.05) is 0 Å². The van der Waals surface area contributed by atoms with E-state index in [0.29, 0.717) is 11.4 Å². The summed E-state index contributed by atoms with van der Waals surface area (Å²) in [6.07, 6.45) is 1.71. The lowest BCUT2D eigenvalue weighted by atomic mass is 10.1. The van der Waals surface area contributed by atoms with Crippen molar-refractivity contribution in [1.29, 1.82) is 0 Å². The van der Waals surface area contributed by atoms with Gasteiger partial charge in [0.05, 0.1) is 11.4 Å². The summed E-state index contributed by atoms with van der Waals surface area (Å²) >= 11 is 0. The fourth-order valence-corrected chi connectivity index (χ4v) is 0.917. The van der Waals surface area contributed by atoms with Crippen molar-refractivity contribution in [3.8, 4) is 0 Å². The number of hydrogen-bond acceptors (Lipinski definition) is 4. The zero-order chi connectivity index (χ0) is 9.84. The minimum Gasteiger partial charge on any atom is -0.480 e. The van der Waals surface area contributed by atoms with Crippen LogP contribution in [0.1, 0.15) is 5.69 Å². The Bertz CT molecular complexity index is 314. The zero-order valence-electron chi connectivity index (χ0n) is 6.97. The van der Waals surface area contributed by atoms with Crippen molar-refractivity contribution in [1.82, 2.24) is 4.98 Å². The average Bonchev–Trinajstić information content (AvgIpc) is 2.08. The highest BCUT2D eigenvalue weighted by atomic mass is 16.4. The average molecular weight is 181 g/mol. The van der Waals surface area contributed by atoms with Crippen molar-refractivity contribution in [2.24, 2.45) is 5.73 Å². The van der Waals surface area contributed by atoms with E-state index >= 15 is 0 Å². The van der Waals surface area contributed by atoms with Crippen LogP contribution < -0.4 is 11.5 Å². The van der Waals surface area contributed by atoms with Gasteiger partial charge in [-0.25, -0.2) is 0 Å². The van der Waals surface area contributed by atoms with Crippen molar-refractivity contribution >= 4 is 11.7 Å². The van der Waals surface area contributed by atoms with E-state index in [0.717, 1.165) is 0 Å². The molecule has 0 saturated carbocycles. The summed E-state index contributed by atoms with van der Waals surface area (Å²) in [5, 5.41) is 8.54. The quantitative estimate of drug-likeness (QED) is 0.589. The molecular formula is C8H11N3O2. The molecule has 0 aliphatic rings. The van der Waals surface area contributed by atoms with Crippen molar-refractivity contribution in [3.63, 3.8) is 0 Å². The summed E-state index contributed by atoms with van der Waals surface area (Å²) < 4.78 is 0. The van der Waals surface area contributed by atoms with E-state index in [2.05, 4.69) is 4.98 Å². The van der Waals surface area contributed by atoms with Gasteiger partial charge in [0.15, 0.2) is 0 Å². The molecule has 1 atom stereocenters. The number of aromatic nitrogens is 1. The maximum absolute atomic E-state index is 10.4. The van der Waals surface area contributed by atoms with Crippen molar-refractivity contribution in [2.75, 3.05) is 5.73 Å². The van der Waals surface area contributed by atoms with Crippen LogP contribution in [0.15, 0.2) is 18.3 Å². The lowest BCUT2D eigenvalue weighted by molar-refractivity contribution is -0.138. The number of pyridine rings is 1. The van der Waals surface area contributed by atoms with E-state index in [1.165, 1.54) is 0 Å². The molecule has 0 bridgehead atoms. The lowest BCUT2D eigenvalue weighted by Gasteiger charge is -2.07.